The smallest absolute Gasteiger partial charge is 0.282 e. The minimum absolute atomic E-state index is 0.136. The van der Waals surface area contributed by atoms with E-state index in [9.17, 15) is 20.1 Å². The van der Waals surface area contributed by atoms with E-state index in [4.69, 9.17) is 4.74 Å². The standard InChI is InChI=1S/C12H16N4O5S/c1-15-10(20)6-9(14-12(15)22-2)16(4-13-6)11-8(19)7(18)5(17)3-21-11/h4-5,7-8,11,17-19H,3H2,1-2H3/t5-,7-,8+,11-/m1/s1. The number of rotatable bonds is 2. The molecule has 3 N–H and O–H groups in total. The Bertz CT molecular complexity index is 760. The van der Waals surface area contributed by atoms with E-state index in [-0.39, 0.29) is 23.3 Å². The Balaban J connectivity index is 2.12. The predicted octanol–water partition coefficient (Wildman–Crippen LogP) is -1.54. The maximum absolute atomic E-state index is 12.2. The number of hydrogen-bond acceptors (Lipinski definition) is 8. The van der Waals surface area contributed by atoms with Crippen LogP contribution in [-0.2, 0) is 11.8 Å². The van der Waals surface area contributed by atoms with Crippen molar-refractivity contribution < 1.29 is 20.1 Å². The summed E-state index contributed by atoms with van der Waals surface area (Å²) in [6, 6.07) is 0. The van der Waals surface area contributed by atoms with E-state index in [1.807, 2.05) is 0 Å². The molecule has 0 saturated carbocycles. The Hall–Kier alpha value is -1.46. The van der Waals surface area contributed by atoms with Gasteiger partial charge < -0.3 is 20.1 Å². The van der Waals surface area contributed by atoms with E-state index < -0.39 is 24.5 Å². The minimum Gasteiger partial charge on any atom is -0.388 e. The van der Waals surface area contributed by atoms with E-state index in [2.05, 4.69) is 9.97 Å². The molecule has 120 valence electrons. The summed E-state index contributed by atoms with van der Waals surface area (Å²) in [5.41, 5.74) is 0.107. The predicted molar refractivity (Wildman–Crippen MR) is 77.6 cm³/mol. The first kappa shape index (κ1) is 15.4. The third-order valence-electron chi connectivity index (χ3n) is 3.69. The van der Waals surface area contributed by atoms with Crippen LogP contribution in [0.25, 0.3) is 11.2 Å². The number of aromatic nitrogens is 4. The zero-order chi connectivity index (χ0) is 16.0. The molecule has 0 spiro atoms. The van der Waals surface area contributed by atoms with Crippen LogP contribution in [0.1, 0.15) is 6.23 Å². The molecule has 0 bridgehead atoms. The lowest BCUT2D eigenvalue weighted by Gasteiger charge is -2.35. The van der Waals surface area contributed by atoms with E-state index in [1.54, 1.807) is 13.3 Å². The number of aliphatic hydroxyl groups is 3. The molecule has 0 aliphatic carbocycles. The Labute approximate surface area is 129 Å². The SMILES string of the molecule is CSc1nc2c(ncn2[C@@H]2OC[C@@H](O)[C@@H](O)[C@@H]2O)c(=O)n1C. The monoisotopic (exact) mass is 328 g/mol. The van der Waals surface area contributed by atoms with Crippen molar-refractivity contribution in [3.63, 3.8) is 0 Å². The Morgan fingerprint density at radius 2 is 2.09 bits per heavy atom. The highest BCUT2D eigenvalue weighted by molar-refractivity contribution is 7.98. The van der Waals surface area contributed by atoms with Crippen LogP contribution in [0.5, 0.6) is 0 Å². The van der Waals surface area contributed by atoms with Gasteiger partial charge in [0.1, 0.15) is 18.3 Å². The van der Waals surface area contributed by atoms with Crippen molar-refractivity contribution in [1.82, 2.24) is 19.1 Å². The van der Waals surface area contributed by atoms with Gasteiger partial charge in [0, 0.05) is 7.05 Å². The molecule has 0 amide bonds. The molecular weight excluding hydrogens is 312 g/mol. The molecule has 4 atom stereocenters. The second-order valence-electron chi connectivity index (χ2n) is 5.06. The molecule has 2 aromatic rings. The summed E-state index contributed by atoms with van der Waals surface area (Å²) in [5.74, 6) is 0. The van der Waals surface area contributed by atoms with Crippen LogP contribution in [-0.4, -0.2) is 65.6 Å². The quantitative estimate of drug-likeness (QED) is 0.448. The zero-order valence-electron chi connectivity index (χ0n) is 11.9. The second kappa shape index (κ2) is 5.63. The molecule has 10 heteroatoms. The van der Waals surface area contributed by atoms with Crippen molar-refractivity contribution >= 4 is 22.9 Å². The lowest BCUT2D eigenvalue weighted by Crippen LogP contribution is -2.50. The third kappa shape index (κ3) is 2.23. The number of thioether (sulfide) groups is 1. The molecular formula is C12H16N4O5S. The van der Waals surface area contributed by atoms with Crippen LogP contribution in [0.4, 0.5) is 0 Å². The van der Waals surface area contributed by atoms with E-state index in [0.29, 0.717) is 5.16 Å². The van der Waals surface area contributed by atoms with Crippen molar-refractivity contribution in [3.8, 4) is 0 Å². The Morgan fingerprint density at radius 3 is 2.77 bits per heavy atom. The highest BCUT2D eigenvalue weighted by Crippen LogP contribution is 2.26. The van der Waals surface area contributed by atoms with E-state index in [0.717, 1.165) is 0 Å². The lowest BCUT2D eigenvalue weighted by molar-refractivity contribution is -0.210. The first-order chi connectivity index (χ1) is 10.5. The van der Waals surface area contributed by atoms with Crippen molar-refractivity contribution in [2.75, 3.05) is 12.9 Å². The van der Waals surface area contributed by atoms with Crippen molar-refractivity contribution in [2.24, 2.45) is 7.05 Å². The zero-order valence-corrected chi connectivity index (χ0v) is 12.8. The normalized spacial score (nSPS) is 29.1. The van der Waals surface area contributed by atoms with Crippen molar-refractivity contribution in [3.05, 3.63) is 16.7 Å². The maximum atomic E-state index is 12.2. The fraction of sp³-hybridized carbons (Fsp3) is 0.583. The van der Waals surface area contributed by atoms with E-state index >= 15 is 0 Å². The van der Waals surface area contributed by atoms with Crippen LogP contribution in [0.3, 0.4) is 0 Å². The molecule has 1 aliphatic heterocycles. The molecule has 22 heavy (non-hydrogen) atoms. The topological polar surface area (TPSA) is 123 Å². The first-order valence-electron chi connectivity index (χ1n) is 6.59. The van der Waals surface area contributed by atoms with Gasteiger partial charge in [0.25, 0.3) is 5.56 Å². The summed E-state index contributed by atoms with van der Waals surface area (Å²) in [5, 5.41) is 29.9. The van der Waals surface area contributed by atoms with Gasteiger partial charge >= 0.3 is 0 Å². The summed E-state index contributed by atoms with van der Waals surface area (Å²) in [6.07, 6.45) is -1.71. The number of hydrogen-bond donors (Lipinski definition) is 3. The summed E-state index contributed by atoms with van der Waals surface area (Å²) in [6.45, 7) is -0.136. The van der Waals surface area contributed by atoms with Gasteiger partial charge in [0.15, 0.2) is 22.5 Å². The number of ether oxygens (including phenoxy) is 1. The Morgan fingerprint density at radius 1 is 1.36 bits per heavy atom. The van der Waals surface area contributed by atoms with Gasteiger partial charge in [-0.3, -0.25) is 13.9 Å². The second-order valence-corrected chi connectivity index (χ2v) is 5.83. The maximum Gasteiger partial charge on any atom is 0.282 e. The van der Waals surface area contributed by atoms with E-state index in [1.165, 1.54) is 27.2 Å². The van der Waals surface area contributed by atoms with Crippen LogP contribution in [0.15, 0.2) is 16.3 Å². The molecule has 3 heterocycles. The molecule has 3 rings (SSSR count). The van der Waals surface area contributed by atoms with Gasteiger partial charge in [0.2, 0.25) is 0 Å². The molecule has 1 aliphatic rings. The molecule has 0 unspecified atom stereocenters. The van der Waals surface area contributed by atoms with Gasteiger partial charge in [-0.15, -0.1) is 0 Å². The number of imidazole rings is 1. The van der Waals surface area contributed by atoms with Crippen molar-refractivity contribution in [1.29, 1.82) is 0 Å². The number of aliphatic hydroxyl groups excluding tert-OH is 3. The van der Waals surface area contributed by atoms with Gasteiger partial charge in [0.05, 0.1) is 12.9 Å². The fourth-order valence-electron chi connectivity index (χ4n) is 2.43. The van der Waals surface area contributed by atoms with Crippen LogP contribution < -0.4 is 5.56 Å². The average molecular weight is 328 g/mol. The lowest BCUT2D eigenvalue weighted by atomic mass is 10.0. The highest BCUT2D eigenvalue weighted by Gasteiger charge is 2.39. The highest BCUT2D eigenvalue weighted by atomic mass is 32.2. The number of nitrogens with zero attached hydrogens (tertiary/aromatic N) is 4. The molecule has 1 fully saturated rings. The summed E-state index contributed by atoms with van der Waals surface area (Å²) in [4.78, 5) is 20.6. The molecule has 0 radical (unpaired) electrons. The summed E-state index contributed by atoms with van der Waals surface area (Å²) in [7, 11) is 1.60. The fourth-order valence-corrected chi connectivity index (χ4v) is 2.97. The third-order valence-corrected chi connectivity index (χ3v) is 4.42. The molecule has 0 aromatic carbocycles. The van der Waals surface area contributed by atoms with Crippen LogP contribution in [0.2, 0.25) is 0 Å². The van der Waals surface area contributed by atoms with Gasteiger partial charge in [-0.2, -0.15) is 0 Å². The summed E-state index contributed by atoms with van der Waals surface area (Å²) >= 11 is 1.30. The van der Waals surface area contributed by atoms with Gasteiger partial charge in [-0.1, -0.05) is 11.8 Å². The van der Waals surface area contributed by atoms with Crippen LogP contribution in [0, 0.1) is 0 Å². The molecule has 9 nitrogen and oxygen atoms in total. The first-order valence-corrected chi connectivity index (χ1v) is 7.81. The average Bonchev–Trinajstić information content (AvgIpc) is 2.92. The number of fused-ring (bicyclic) bond motifs is 1. The molecule has 1 saturated heterocycles. The minimum atomic E-state index is -1.36. The van der Waals surface area contributed by atoms with Crippen molar-refractivity contribution in [2.45, 2.75) is 29.7 Å². The van der Waals surface area contributed by atoms with Gasteiger partial charge in [-0.25, -0.2) is 9.97 Å². The van der Waals surface area contributed by atoms with Crippen LogP contribution >= 0.6 is 11.8 Å². The Kier molecular flexibility index (Phi) is 3.95. The summed E-state index contributed by atoms with van der Waals surface area (Å²) < 4.78 is 8.17. The largest absolute Gasteiger partial charge is 0.388 e. The van der Waals surface area contributed by atoms with Gasteiger partial charge in [-0.05, 0) is 6.26 Å². The molecule has 2 aromatic heterocycles.